The van der Waals surface area contributed by atoms with E-state index in [0.29, 0.717) is 12.3 Å². The van der Waals surface area contributed by atoms with Gasteiger partial charge in [0.1, 0.15) is 0 Å². The monoisotopic (exact) mass is 241 g/mol. The Balaban J connectivity index is 2.09. The van der Waals surface area contributed by atoms with Crippen LogP contribution in [0.15, 0.2) is 0 Å². The molecule has 15 heavy (non-hydrogen) atoms. The van der Waals surface area contributed by atoms with Gasteiger partial charge in [0.05, 0.1) is 0 Å². The fourth-order valence-corrected chi connectivity index (χ4v) is 3.43. The van der Waals surface area contributed by atoms with Crippen LogP contribution in [0, 0.1) is 17.8 Å². The summed E-state index contributed by atoms with van der Waals surface area (Å²) in [7, 11) is -4.84. The van der Waals surface area contributed by atoms with Crippen LogP contribution in [0.4, 0.5) is 8.78 Å². The first-order valence-electron chi connectivity index (χ1n) is 4.92. The van der Waals surface area contributed by atoms with Crippen molar-refractivity contribution in [3.8, 4) is 0 Å². The average Bonchev–Trinajstić information content (AvgIpc) is 2.58. The third-order valence-electron chi connectivity index (χ3n) is 3.47. The number of hydrogen-bond donors (Lipinski definition) is 2. The lowest BCUT2D eigenvalue weighted by molar-refractivity contribution is -0.0889. The molecule has 2 aliphatic carbocycles. The molecule has 3 unspecified atom stereocenters. The van der Waals surface area contributed by atoms with Crippen LogP contribution in [-0.2, 0) is 10.3 Å². The van der Waals surface area contributed by atoms with E-state index >= 15 is 0 Å². The van der Waals surface area contributed by atoms with E-state index in [2.05, 4.69) is 0 Å². The summed E-state index contributed by atoms with van der Waals surface area (Å²) >= 11 is 0. The molecular weight excluding hydrogens is 228 g/mol. The van der Waals surface area contributed by atoms with Gasteiger partial charge in [-0.15, -0.1) is 4.72 Å². The van der Waals surface area contributed by atoms with Gasteiger partial charge in [-0.25, -0.2) is 0 Å². The van der Waals surface area contributed by atoms with Crippen molar-refractivity contribution in [2.24, 2.45) is 17.8 Å². The molecule has 0 amide bonds. The van der Waals surface area contributed by atoms with Crippen molar-refractivity contribution in [3.05, 3.63) is 0 Å². The van der Waals surface area contributed by atoms with Gasteiger partial charge in [0.25, 0.3) is 0 Å². The molecule has 2 N–H and O–H groups in total. The Labute approximate surface area is 86.9 Å². The smallest absolute Gasteiger partial charge is 0.273 e. The molecule has 2 fully saturated rings. The molecule has 2 bridgehead atoms. The SMILES string of the molecule is O=S(=O)(O)NC(F)(F)C1CC2CCC1C2. The highest BCUT2D eigenvalue weighted by Crippen LogP contribution is 2.52. The van der Waals surface area contributed by atoms with Gasteiger partial charge in [-0.2, -0.15) is 17.2 Å². The molecule has 2 rings (SSSR count). The summed E-state index contributed by atoms with van der Waals surface area (Å²) < 4.78 is 57.0. The minimum atomic E-state index is -4.84. The number of fused-ring (bicyclic) bond motifs is 2. The van der Waals surface area contributed by atoms with Crippen LogP contribution >= 0.6 is 0 Å². The Morgan fingerprint density at radius 1 is 1.27 bits per heavy atom. The van der Waals surface area contributed by atoms with Gasteiger partial charge in [-0.3, -0.25) is 4.55 Å². The van der Waals surface area contributed by atoms with Gasteiger partial charge in [0, 0.05) is 5.92 Å². The van der Waals surface area contributed by atoms with Crippen molar-refractivity contribution in [1.29, 1.82) is 0 Å². The predicted molar refractivity (Wildman–Crippen MR) is 48.6 cm³/mol. The topological polar surface area (TPSA) is 66.4 Å². The van der Waals surface area contributed by atoms with E-state index in [1.54, 1.807) is 0 Å². The molecule has 0 aromatic carbocycles. The van der Waals surface area contributed by atoms with Crippen molar-refractivity contribution in [1.82, 2.24) is 4.72 Å². The molecular formula is C8H13F2NO3S. The van der Waals surface area contributed by atoms with Crippen LogP contribution in [0.1, 0.15) is 25.7 Å². The largest absolute Gasteiger partial charge is 0.338 e. The van der Waals surface area contributed by atoms with E-state index in [1.165, 1.54) is 0 Å². The Kier molecular flexibility index (Phi) is 2.51. The number of hydrogen-bond acceptors (Lipinski definition) is 2. The van der Waals surface area contributed by atoms with Crippen molar-refractivity contribution >= 4 is 10.3 Å². The summed E-state index contributed by atoms with van der Waals surface area (Å²) in [4.78, 5) is 0. The lowest BCUT2D eigenvalue weighted by Crippen LogP contribution is -2.48. The highest BCUT2D eigenvalue weighted by molar-refractivity contribution is 7.83. The number of rotatable bonds is 3. The van der Waals surface area contributed by atoms with E-state index < -0.39 is 22.3 Å². The van der Waals surface area contributed by atoms with Gasteiger partial charge in [0.15, 0.2) is 0 Å². The molecule has 0 aromatic heterocycles. The summed E-state index contributed by atoms with van der Waals surface area (Å²) in [6, 6.07) is -3.52. The van der Waals surface area contributed by atoms with Crippen LogP contribution in [0.25, 0.3) is 0 Å². The normalized spacial score (nSPS) is 36.1. The zero-order valence-electron chi connectivity index (χ0n) is 7.99. The predicted octanol–water partition coefficient (Wildman–Crippen LogP) is 1.41. The maximum atomic E-state index is 13.4. The molecule has 0 aliphatic heterocycles. The first-order chi connectivity index (χ1) is 6.78. The zero-order valence-corrected chi connectivity index (χ0v) is 8.80. The molecule has 0 radical (unpaired) electrons. The van der Waals surface area contributed by atoms with E-state index in [9.17, 15) is 17.2 Å². The lowest BCUT2D eigenvalue weighted by atomic mass is 9.87. The second kappa shape index (κ2) is 3.36. The third-order valence-corrected chi connectivity index (χ3v) is 4.00. The van der Waals surface area contributed by atoms with E-state index in [-0.39, 0.29) is 5.92 Å². The third kappa shape index (κ3) is 2.29. The first-order valence-corrected chi connectivity index (χ1v) is 6.36. The first kappa shape index (κ1) is 11.2. The summed E-state index contributed by atoms with van der Waals surface area (Å²) in [5.41, 5.74) is 0. The minimum Gasteiger partial charge on any atom is -0.273 e. The van der Waals surface area contributed by atoms with Gasteiger partial charge in [-0.1, -0.05) is 6.42 Å². The summed E-state index contributed by atoms with van der Waals surface area (Å²) in [5.74, 6) is -0.772. The fraction of sp³-hybridized carbons (Fsp3) is 1.00. The van der Waals surface area contributed by atoms with Gasteiger partial charge < -0.3 is 0 Å². The Hall–Kier alpha value is -0.270. The molecule has 0 heterocycles. The summed E-state index contributed by atoms with van der Waals surface area (Å²) in [5, 5.41) is 0. The molecule has 2 aliphatic rings. The summed E-state index contributed by atoms with van der Waals surface area (Å²) in [6.07, 6.45) is 2.80. The van der Waals surface area contributed by atoms with Crippen LogP contribution in [-0.4, -0.2) is 19.0 Å². The average molecular weight is 241 g/mol. The molecule has 4 nitrogen and oxygen atoms in total. The van der Waals surface area contributed by atoms with Crippen molar-refractivity contribution in [3.63, 3.8) is 0 Å². The Morgan fingerprint density at radius 3 is 2.33 bits per heavy atom. The Bertz CT molecular complexity index is 357. The molecule has 0 spiro atoms. The maximum absolute atomic E-state index is 13.4. The van der Waals surface area contributed by atoms with E-state index in [1.807, 2.05) is 0 Å². The summed E-state index contributed by atoms with van der Waals surface area (Å²) in [6.45, 7) is 0. The molecule has 0 aromatic rings. The molecule has 2 saturated carbocycles. The number of alkyl halides is 2. The lowest BCUT2D eigenvalue weighted by Gasteiger charge is -2.29. The van der Waals surface area contributed by atoms with Crippen LogP contribution in [0.3, 0.4) is 0 Å². The fourth-order valence-electron chi connectivity index (χ4n) is 2.94. The van der Waals surface area contributed by atoms with E-state index in [0.717, 1.165) is 24.0 Å². The second-order valence-electron chi connectivity index (χ2n) is 4.48. The van der Waals surface area contributed by atoms with Crippen molar-refractivity contribution in [2.75, 3.05) is 0 Å². The molecule has 3 atom stereocenters. The zero-order chi connectivity index (χ0) is 11.3. The van der Waals surface area contributed by atoms with Crippen molar-refractivity contribution < 1.29 is 21.8 Å². The molecule has 0 saturated heterocycles. The van der Waals surface area contributed by atoms with Crippen LogP contribution in [0.5, 0.6) is 0 Å². The molecule has 7 heteroatoms. The number of halogens is 2. The second-order valence-corrected chi connectivity index (χ2v) is 5.64. The minimum absolute atomic E-state index is 0.112. The molecule has 88 valence electrons. The van der Waals surface area contributed by atoms with Crippen LogP contribution in [0.2, 0.25) is 0 Å². The van der Waals surface area contributed by atoms with Crippen LogP contribution < -0.4 is 4.72 Å². The Morgan fingerprint density at radius 2 is 1.93 bits per heavy atom. The number of nitrogens with one attached hydrogen (secondary N) is 1. The highest BCUT2D eigenvalue weighted by atomic mass is 32.2. The standard InChI is InChI=1S/C8H13F2NO3S/c9-8(10,11-15(12,13)14)7-4-5-1-2-6(7)3-5/h5-7,11H,1-4H2,(H,12,13,14). The van der Waals surface area contributed by atoms with Crippen molar-refractivity contribution in [2.45, 2.75) is 31.7 Å². The highest BCUT2D eigenvalue weighted by Gasteiger charge is 2.53. The van der Waals surface area contributed by atoms with Gasteiger partial charge >= 0.3 is 16.4 Å². The van der Waals surface area contributed by atoms with Gasteiger partial charge in [-0.05, 0) is 31.1 Å². The maximum Gasteiger partial charge on any atom is 0.338 e. The van der Waals surface area contributed by atoms with E-state index in [4.69, 9.17) is 4.55 Å². The quantitative estimate of drug-likeness (QED) is 0.580. The van der Waals surface area contributed by atoms with Gasteiger partial charge in [0.2, 0.25) is 0 Å².